The molecule has 0 spiro atoms. The van der Waals surface area contributed by atoms with Crippen LogP contribution in [0.1, 0.15) is 32.3 Å². The summed E-state index contributed by atoms with van der Waals surface area (Å²) in [6.45, 7) is 5.22. The number of aromatic nitrogens is 2. The molecule has 1 aromatic heterocycles. The molecular formula is C17H23N3O. The summed E-state index contributed by atoms with van der Waals surface area (Å²) < 4.78 is 5.78. The zero-order valence-electron chi connectivity index (χ0n) is 12.7. The lowest BCUT2D eigenvalue weighted by Crippen LogP contribution is -2.40. The Morgan fingerprint density at radius 2 is 1.86 bits per heavy atom. The summed E-state index contributed by atoms with van der Waals surface area (Å²) in [5.74, 6) is 0. The topological polar surface area (TPSA) is 49.9 Å². The van der Waals surface area contributed by atoms with E-state index in [2.05, 4.69) is 53.6 Å². The molecule has 2 aromatic rings. The van der Waals surface area contributed by atoms with Crippen molar-refractivity contribution in [1.29, 1.82) is 0 Å². The Bertz CT molecular complexity index is 540. The molecule has 4 heteroatoms. The molecule has 0 radical (unpaired) electrons. The van der Waals surface area contributed by atoms with Crippen molar-refractivity contribution in [2.75, 3.05) is 0 Å². The molecule has 2 atom stereocenters. The number of nitrogens with one attached hydrogen (secondary N) is 2. The van der Waals surface area contributed by atoms with Gasteiger partial charge < -0.3 is 10.1 Å². The molecular weight excluding hydrogens is 262 g/mol. The summed E-state index contributed by atoms with van der Waals surface area (Å²) in [4.78, 5) is 0. The van der Waals surface area contributed by atoms with Crippen LogP contribution in [0.3, 0.4) is 0 Å². The van der Waals surface area contributed by atoms with Crippen LogP contribution >= 0.6 is 0 Å². The first-order valence-electron chi connectivity index (χ1n) is 7.68. The van der Waals surface area contributed by atoms with Gasteiger partial charge in [-0.15, -0.1) is 0 Å². The predicted octanol–water partition coefficient (Wildman–Crippen LogP) is 3.12. The molecule has 2 heterocycles. The lowest BCUT2D eigenvalue weighted by molar-refractivity contribution is -0.0422. The first-order valence-corrected chi connectivity index (χ1v) is 7.68. The van der Waals surface area contributed by atoms with Gasteiger partial charge in [-0.1, -0.05) is 24.3 Å². The van der Waals surface area contributed by atoms with E-state index in [-0.39, 0.29) is 0 Å². The number of hydrogen-bond acceptors (Lipinski definition) is 3. The summed E-state index contributed by atoms with van der Waals surface area (Å²) >= 11 is 0. The van der Waals surface area contributed by atoms with Crippen LogP contribution in [-0.4, -0.2) is 28.4 Å². The molecule has 4 nitrogen and oxygen atoms in total. The molecule has 2 N–H and O–H groups in total. The van der Waals surface area contributed by atoms with E-state index in [0.717, 1.165) is 25.1 Å². The summed E-state index contributed by atoms with van der Waals surface area (Å²) in [5, 5.41) is 10.6. The highest BCUT2D eigenvalue weighted by Crippen LogP contribution is 2.20. The molecule has 0 aliphatic carbocycles. The minimum Gasteiger partial charge on any atom is -0.375 e. The first kappa shape index (κ1) is 14.3. The van der Waals surface area contributed by atoms with Crippen LogP contribution in [0.2, 0.25) is 0 Å². The van der Waals surface area contributed by atoms with Crippen molar-refractivity contribution in [2.24, 2.45) is 0 Å². The van der Waals surface area contributed by atoms with Gasteiger partial charge >= 0.3 is 0 Å². The molecule has 2 unspecified atom stereocenters. The molecule has 112 valence electrons. The highest BCUT2D eigenvalue weighted by molar-refractivity contribution is 5.58. The van der Waals surface area contributed by atoms with Crippen molar-refractivity contribution in [3.05, 3.63) is 42.1 Å². The Hall–Kier alpha value is -1.65. The van der Waals surface area contributed by atoms with E-state index in [1.165, 1.54) is 11.1 Å². The Labute approximate surface area is 125 Å². The third-order valence-electron chi connectivity index (χ3n) is 4.06. The second-order valence-electron chi connectivity index (χ2n) is 5.97. The summed E-state index contributed by atoms with van der Waals surface area (Å²) in [6, 6.07) is 11.2. The fraction of sp³-hybridized carbons (Fsp3) is 0.471. The van der Waals surface area contributed by atoms with Crippen LogP contribution in [-0.2, 0) is 11.3 Å². The fourth-order valence-corrected chi connectivity index (χ4v) is 3.05. The molecule has 0 amide bonds. The van der Waals surface area contributed by atoms with Gasteiger partial charge in [0.05, 0.1) is 17.9 Å². The SMILES string of the molecule is CC1CC(NCc2ccc(-c3ccn[nH]3)cc2)CC(C)O1. The third-order valence-corrected chi connectivity index (χ3v) is 4.06. The first-order chi connectivity index (χ1) is 10.2. The van der Waals surface area contributed by atoms with E-state index in [0.29, 0.717) is 18.2 Å². The lowest BCUT2D eigenvalue weighted by atomic mass is 9.99. The Balaban J connectivity index is 1.56. The van der Waals surface area contributed by atoms with Crippen molar-refractivity contribution < 1.29 is 4.74 Å². The van der Waals surface area contributed by atoms with Gasteiger partial charge in [0, 0.05) is 18.8 Å². The number of H-pyrrole nitrogens is 1. The van der Waals surface area contributed by atoms with E-state index in [9.17, 15) is 0 Å². The Morgan fingerprint density at radius 3 is 2.48 bits per heavy atom. The van der Waals surface area contributed by atoms with Gasteiger partial charge in [-0.2, -0.15) is 5.10 Å². The van der Waals surface area contributed by atoms with Crippen LogP contribution in [0.15, 0.2) is 36.5 Å². The number of ether oxygens (including phenoxy) is 1. The van der Waals surface area contributed by atoms with Crippen molar-refractivity contribution in [1.82, 2.24) is 15.5 Å². The van der Waals surface area contributed by atoms with E-state index >= 15 is 0 Å². The normalized spacial score (nSPS) is 25.9. The van der Waals surface area contributed by atoms with Crippen LogP contribution < -0.4 is 5.32 Å². The van der Waals surface area contributed by atoms with Gasteiger partial charge in [0.15, 0.2) is 0 Å². The van der Waals surface area contributed by atoms with Crippen molar-refractivity contribution in [3.8, 4) is 11.3 Å². The molecule has 1 fully saturated rings. The highest BCUT2D eigenvalue weighted by Gasteiger charge is 2.23. The summed E-state index contributed by atoms with van der Waals surface area (Å²) in [5.41, 5.74) is 3.54. The second-order valence-corrected chi connectivity index (χ2v) is 5.97. The van der Waals surface area contributed by atoms with Crippen molar-refractivity contribution >= 4 is 0 Å². The number of hydrogen-bond donors (Lipinski definition) is 2. The largest absolute Gasteiger partial charge is 0.375 e. The number of benzene rings is 1. The van der Waals surface area contributed by atoms with Gasteiger partial charge in [-0.3, -0.25) is 5.10 Å². The second kappa shape index (κ2) is 6.41. The molecule has 21 heavy (non-hydrogen) atoms. The molecule has 1 aliphatic heterocycles. The maximum atomic E-state index is 5.78. The maximum absolute atomic E-state index is 5.78. The van der Waals surface area contributed by atoms with Gasteiger partial charge in [-0.05, 0) is 43.9 Å². The average molecular weight is 285 g/mol. The lowest BCUT2D eigenvalue weighted by Gasteiger charge is -2.32. The van der Waals surface area contributed by atoms with Crippen LogP contribution in [0, 0.1) is 0 Å². The van der Waals surface area contributed by atoms with E-state index in [4.69, 9.17) is 4.74 Å². The minimum atomic E-state index is 0.356. The standard InChI is InChI=1S/C17H23N3O/c1-12-9-16(10-13(2)21-12)18-11-14-3-5-15(6-4-14)17-7-8-19-20-17/h3-8,12-13,16,18H,9-11H2,1-2H3,(H,19,20). The number of aromatic amines is 1. The highest BCUT2D eigenvalue weighted by atomic mass is 16.5. The summed E-state index contributed by atoms with van der Waals surface area (Å²) in [6.07, 6.45) is 4.67. The van der Waals surface area contributed by atoms with Crippen LogP contribution in [0.5, 0.6) is 0 Å². The summed E-state index contributed by atoms with van der Waals surface area (Å²) in [7, 11) is 0. The van der Waals surface area contributed by atoms with Gasteiger partial charge in [0.25, 0.3) is 0 Å². The average Bonchev–Trinajstić information content (AvgIpc) is 2.99. The van der Waals surface area contributed by atoms with E-state index in [1.54, 1.807) is 6.20 Å². The zero-order chi connectivity index (χ0) is 14.7. The predicted molar refractivity (Wildman–Crippen MR) is 83.9 cm³/mol. The van der Waals surface area contributed by atoms with Crippen molar-refractivity contribution in [2.45, 2.75) is 51.5 Å². The van der Waals surface area contributed by atoms with Crippen molar-refractivity contribution in [3.63, 3.8) is 0 Å². The zero-order valence-corrected chi connectivity index (χ0v) is 12.7. The van der Waals surface area contributed by atoms with Crippen LogP contribution in [0.25, 0.3) is 11.3 Å². The monoisotopic (exact) mass is 285 g/mol. The number of nitrogens with zero attached hydrogens (tertiary/aromatic N) is 1. The Kier molecular flexibility index (Phi) is 4.36. The fourth-order valence-electron chi connectivity index (χ4n) is 3.05. The van der Waals surface area contributed by atoms with Gasteiger partial charge in [0.1, 0.15) is 0 Å². The van der Waals surface area contributed by atoms with E-state index < -0.39 is 0 Å². The molecule has 1 aromatic carbocycles. The van der Waals surface area contributed by atoms with Gasteiger partial charge in [-0.25, -0.2) is 0 Å². The van der Waals surface area contributed by atoms with Gasteiger partial charge in [0.2, 0.25) is 0 Å². The molecule has 0 saturated carbocycles. The molecule has 1 saturated heterocycles. The minimum absolute atomic E-state index is 0.356. The van der Waals surface area contributed by atoms with E-state index in [1.807, 2.05) is 6.07 Å². The van der Waals surface area contributed by atoms with Crippen LogP contribution in [0.4, 0.5) is 0 Å². The smallest absolute Gasteiger partial charge is 0.0650 e. The third kappa shape index (κ3) is 3.71. The molecule has 3 rings (SSSR count). The molecule has 0 bridgehead atoms. The number of rotatable bonds is 4. The maximum Gasteiger partial charge on any atom is 0.0650 e. The Morgan fingerprint density at radius 1 is 1.14 bits per heavy atom. The quantitative estimate of drug-likeness (QED) is 0.907. The molecule has 1 aliphatic rings.